The van der Waals surface area contributed by atoms with Crippen molar-refractivity contribution in [2.75, 3.05) is 0 Å². The van der Waals surface area contributed by atoms with Crippen LogP contribution in [0.3, 0.4) is 0 Å². The van der Waals surface area contributed by atoms with Gasteiger partial charge < -0.3 is 4.57 Å². The largest absolute Gasteiger partial charge is 0.306 e. The third-order valence-corrected chi connectivity index (χ3v) is 4.11. The first-order chi connectivity index (χ1) is 12.1. The molecule has 4 aromatic rings. The van der Waals surface area contributed by atoms with Gasteiger partial charge in [0.15, 0.2) is 0 Å². The molecule has 0 saturated heterocycles. The molecule has 124 valence electrons. The Kier molecular flexibility index (Phi) is 3.65. The first-order valence-electron chi connectivity index (χ1n) is 7.89. The lowest BCUT2D eigenvalue weighted by Gasteiger charge is -2.04. The molecule has 0 bridgehead atoms. The minimum Gasteiger partial charge on any atom is -0.306 e. The highest BCUT2D eigenvalue weighted by molar-refractivity contribution is 5.76. The van der Waals surface area contributed by atoms with Crippen molar-refractivity contribution in [3.05, 3.63) is 72.4 Å². The van der Waals surface area contributed by atoms with Crippen LogP contribution in [0.2, 0.25) is 0 Å². The number of halogens is 1. The van der Waals surface area contributed by atoms with E-state index < -0.39 is 0 Å². The molecule has 5 nitrogen and oxygen atoms in total. The molecule has 0 aliphatic heterocycles. The van der Waals surface area contributed by atoms with Gasteiger partial charge >= 0.3 is 0 Å². The third-order valence-electron chi connectivity index (χ3n) is 4.11. The summed E-state index contributed by atoms with van der Waals surface area (Å²) >= 11 is 0. The summed E-state index contributed by atoms with van der Waals surface area (Å²) in [6.45, 7) is 2.05. The van der Waals surface area contributed by atoms with Crippen LogP contribution in [0.15, 0.2) is 61.1 Å². The number of imidazole rings is 1. The Balaban J connectivity index is 1.80. The summed E-state index contributed by atoms with van der Waals surface area (Å²) in [5.74, 6) is -0.331. The predicted octanol–water partition coefficient (Wildman–Crippen LogP) is 3.78. The Hall–Kier alpha value is -3.28. The van der Waals surface area contributed by atoms with E-state index in [4.69, 9.17) is 0 Å². The second-order valence-electron chi connectivity index (χ2n) is 5.89. The summed E-state index contributed by atoms with van der Waals surface area (Å²) in [5, 5.41) is 8.20. The first kappa shape index (κ1) is 15.3. The van der Waals surface area contributed by atoms with Gasteiger partial charge in [0.05, 0.1) is 6.33 Å². The standard InChI is InChI=1S/C19H16FN5/c1-13-7-9-14(10-8-13)25-11-17(21-12-25)19-18(22-23-24(19)2)15-5-3-4-6-16(15)20/h3-12H,1-2H3. The Morgan fingerprint density at radius 2 is 1.76 bits per heavy atom. The quantitative estimate of drug-likeness (QED) is 0.573. The molecule has 0 fully saturated rings. The molecule has 0 N–H and O–H groups in total. The number of benzene rings is 2. The Morgan fingerprint density at radius 1 is 1.00 bits per heavy atom. The van der Waals surface area contributed by atoms with E-state index in [1.165, 1.54) is 11.6 Å². The highest BCUT2D eigenvalue weighted by atomic mass is 19.1. The van der Waals surface area contributed by atoms with Crippen LogP contribution in [-0.4, -0.2) is 24.5 Å². The zero-order valence-electron chi connectivity index (χ0n) is 13.9. The van der Waals surface area contributed by atoms with E-state index in [2.05, 4.69) is 15.3 Å². The van der Waals surface area contributed by atoms with Gasteiger partial charge in [-0.2, -0.15) is 0 Å². The first-order valence-corrected chi connectivity index (χ1v) is 7.89. The zero-order chi connectivity index (χ0) is 17.4. The average molecular weight is 333 g/mol. The van der Waals surface area contributed by atoms with Crippen molar-refractivity contribution in [1.29, 1.82) is 0 Å². The van der Waals surface area contributed by atoms with Crippen molar-refractivity contribution >= 4 is 0 Å². The molecule has 0 amide bonds. The molecule has 6 heteroatoms. The van der Waals surface area contributed by atoms with E-state index in [0.717, 1.165) is 5.69 Å². The fourth-order valence-electron chi connectivity index (χ4n) is 2.78. The predicted molar refractivity (Wildman–Crippen MR) is 93.7 cm³/mol. The van der Waals surface area contributed by atoms with Crippen molar-refractivity contribution in [2.45, 2.75) is 6.92 Å². The molecule has 2 heterocycles. The molecule has 2 aromatic heterocycles. The maximum atomic E-state index is 14.2. The minimum absolute atomic E-state index is 0.331. The minimum atomic E-state index is -0.331. The van der Waals surface area contributed by atoms with E-state index in [1.807, 2.05) is 42.0 Å². The summed E-state index contributed by atoms with van der Waals surface area (Å²) in [6.07, 6.45) is 3.63. The summed E-state index contributed by atoms with van der Waals surface area (Å²) in [6, 6.07) is 14.7. The maximum Gasteiger partial charge on any atom is 0.132 e. The summed E-state index contributed by atoms with van der Waals surface area (Å²) in [7, 11) is 1.78. The van der Waals surface area contributed by atoms with Crippen molar-refractivity contribution in [1.82, 2.24) is 24.5 Å². The normalized spacial score (nSPS) is 11.0. The second kappa shape index (κ2) is 5.98. The van der Waals surface area contributed by atoms with Crippen LogP contribution < -0.4 is 0 Å². The smallest absolute Gasteiger partial charge is 0.132 e. The van der Waals surface area contributed by atoms with E-state index in [9.17, 15) is 4.39 Å². The molecule has 0 atom stereocenters. The number of rotatable bonds is 3. The molecule has 0 aliphatic rings. The Bertz CT molecular complexity index is 1030. The third kappa shape index (κ3) is 2.71. The van der Waals surface area contributed by atoms with Gasteiger partial charge in [0.1, 0.15) is 22.9 Å². The van der Waals surface area contributed by atoms with Crippen LogP contribution in [0, 0.1) is 12.7 Å². The number of hydrogen-bond donors (Lipinski definition) is 0. The van der Waals surface area contributed by atoms with E-state index in [1.54, 1.807) is 36.3 Å². The molecule has 25 heavy (non-hydrogen) atoms. The lowest BCUT2D eigenvalue weighted by Crippen LogP contribution is -1.95. The maximum absolute atomic E-state index is 14.2. The van der Waals surface area contributed by atoms with Crippen LogP contribution in [0.5, 0.6) is 0 Å². The lowest BCUT2D eigenvalue weighted by molar-refractivity contribution is 0.630. The van der Waals surface area contributed by atoms with Crippen molar-refractivity contribution in [2.24, 2.45) is 7.05 Å². The monoisotopic (exact) mass is 333 g/mol. The summed E-state index contributed by atoms with van der Waals surface area (Å²) in [4.78, 5) is 4.47. The van der Waals surface area contributed by atoms with Gasteiger partial charge in [-0.15, -0.1) is 5.10 Å². The van der Waals surface area contributed by atoms with Crippen LogP contribution >= 0.6 is 0 Å². The van der Waals surface area contributed by atoms with Gasteiger partial charge in [-0.05, 0) is 31.2 Å². The molecule has 2 aromatic carbocycles. The van der Waals surface area contributed by atoms with E-state index in [0.29, 0.717) is 22.6 Å². The van der Waals surface area contributed by atoms with Crippen molar-refractivity contribution in [3.8, 4) is 28.3 Å². The number of nitrogens with zero attached hydrogens (tertiary/aromatic N) is 5. The van der Waals surface area contributed by atoms with Gasteiger partial charge in [0.25, 0.3) is 0 Å². The Morgan fingerprint density at radius 3 is 2.52 bits per heavy atom. The van der Waals surface area contributed by atoms with Gasteiger partial charge in [0, 0.05) is 24.5 Å². The van der Waals surface area contributed by atoms with E-state index >= 15 is 0 Å². The SMILES string of the molecule is Cc1ccc(-n2cnc(-c3c(-c4ccccc4F)nnn3C)c2)cc1. The van der Waals surface area contributed by atoms with Gasteiger partial charge in [0.2, 0.25) is 0 Å². The topological polar surface area (TPSA) is 48.5 Å². The highest BCUT2D eigenvalue weighted by Gasteiger charge is 2.19. The molecule has 0 saturated carbocycles. The van der Waals surface area contributed by atoms with Crippen molar-refractivity contribution in [3.63, 3.8) is 0 Å². The highest BCUT2D eigenvalue weighted by Crippen LogP contribution is 2.30. The fraction of sp³-hybridized carbons (Fsp3) is 0.105. The van der Waals surface area contributed by atoms with Gasteiger partial charge in [-0.3, -0.25) is 0 Å². The molecule has 0 spiro atoms. The van der Waals surface area contributed by atoms with Crippen LogP contribution in [0.4, 0.5) is 4.39 Å². The van der Waals surface area contributed by atoms with Gasteiger partial charge in [-0.25, -0.2) is 14.1 Å². The van der Waals surface area contributed by atoms with Crippen LogP contribution in [0.1, 0.15) is 5.56 Å². The molecular weight excluding hydrogens is 317 g/mol. The van der Waals surface area contributed by atoms with Gasteiger partial charge in [-0.1, -0.05) is 35.0 Å². The summed E-state index contributed by atoms with van der Waals surface area (Å²) in [5.41, 5.74) is 4.46. The number of hydrogen-bond acceptors (Lipinski definition) is 3. The molecule has 0 aliphatic carbocycles. The second-order valence-corrected chi connectivity index (χ2v) is 5.89. The Labute approximate surface area is 144 Å². The summed E-state index contributed by atoms with van der Waals surface area (Å²) < 4.78 is 17.7. The van der Waals surface area contributed by atoms with Crippen molar-refractivity contribution < 1.29 is 4.39 Å². The van der Waals surface area contributed by atoms with E-state index in [-0.39, 0.29) is 5.82 Å². The number of aromatic nitrogens is 5. The fourth-order valence-corrected chi connectivity index (χ4v) is 2.78. The van der Waals surface area contributed by atoms with Crippen LogP contribution in [0.25, 0.3) is 28.3 Å². The molecule has 0 unspecified atom stereocenters. The molecular formula is C19H16FN5. The lowest BCUT2D eigenvalue weighted by atomic mass is 10.1. The average Bonchev–Trinajstić information content (AvgIpc) is 3.23. The molecule has 0 radical (unpaired) electrons. The number of aryl methyl sites for hydroxylation is 2. The zero-order valence-corrected chi connectivity index (χ0v) is 13.9. The molecule has 4 rings (SSSR count). The van der Waals surface area contributed by atoms with Crippen LogP contribution in [-0.2, 0) is 7.05 Å².